The molecule has 6 rings (SSSR count). The van der Waals surface area contributed by atoms with Gasteiger partial charge in [0.2, 0.25) is 11.6 Å². The predicted molar refractivity (Wildman–Crippen MR) is 200 cm³/mol. The number of carbonyl (C=O) groups excluding carboxylic acids is 2. The summed E-state index contributed by atoms with van der Waals surface area (Å²) in [5, 5.41) is 37.6. The molecule has 276 valence electrons. The van der Waals surface area contributed by atoms with Crippen LogP contribution >= 0.6 is 0 Å². The van der Waals surface area contributed by atoms with E-state index in [1.54, 1.807) is 13.8 Å². The van der Waals surface area contributed by atoms with E-state index in [4.69, 9.17) is 9.11 Å². The molecule has 0 saturated carbocycles. The summed E-state index contributed by atoms with van der Waals surface area (Å²) in [6.07, 6.45) is 12.6. The Morgan fingerprint density at radius 3 is 1.27 bits per heavy atom. The van der Waals surface area contributed by atoms with Crippen LogP contribution in [0.4, 0.5) is 22.7 Å². The standard InChI is InChI=1S/2C17H13N3O6S.Ca/c2*1-10-2-4-12(9-15(10)20(22)23)18-19-17-14-6-5-13(27(24,25)26)8-11(14)3-7-16(17)21;/h2*2-9H,1H3,(H2,24,25,26);/q;;+2/p-2. The van der Waals surface area contributed by atoms with Gasteiger partial charge in [-0.15, -0.1) is 10.2 Å². The second-order valence-corrected chi connectivity index (χ2v) is 14.2. The Labute approximate surface area is 342 Å². The van der Waals surface area contributed by atoms with Gasteiger partial charge < -0.3 is 18.2 Å². The Bertz CT molecular complexity index is 2470. The fourth-order valence-electron chi connectivity index (χ4n) is 5.00. The predicted octanol–water partition coefficient (Wildman–Crippen LogP) is 5.49. The number of hydrogen-bond acceptors (Lipinski definition) is 14. The van der Waals surface area contributed by atoms with Gasteiger partial charge in [-0.2, -0.15) is 10.2 Å². The Kier molecular flexibility index (Phi) is 13.2. The number of aryl methyl sites for hydroxylation is 2. The summed E-state index contributed by atoms with van der Waals surface area (Å²) in [7, 11) is -8.77. The first-order valence-electron chi connectivity index (χ1n) is 15.1. The van der Waals surface area contributed by atoms with E-state index in [9.17, 15) is 47.3 Å². The third-order valence-electron chi connectivity index (χ3n) is 7.76. The van der Waals surface area contributed by atoms with E-state index in [2.05, 4.69) is 20.5 Å². The molecule has 21 heteroatoms. The smallest absolute Gasteiger partial charge is 0.757 e. The molecule has 4 aliphatic carbocycles. The van der Waals surface area contributed by atoms with Crippen LogP contribution in [0.25, 0.3) is 0 Å². The number of nitrogens with zero attached hydrogens (tertiary/aromatic N) is 6. The van der Waals surface area contributed by atoms with Gasteiger partial charge in [0.25, 0.3) is 11.4 Å². The zero-order valence-electron chi connectivity index (χ0n) is 28.4. The second kappa shape index (κ2) is 17.1. The summed E-state index contributed by atoms with van der Waals surface area (Å²) in [5.41, 5.74) is 2.39. The molecule has 4 aliphatic rings. The quantitative estimate of drug-likeness (QED) is 0.120. The second-order valence-electron chi connectivity index (χ2n) is 11.4. The summed E-state index contributed by atoms with van der Waals surface area (Å²) in [5.74, 6) is -0.903. The molecule has 0 fully saturated rings. The van der Waals surface area contributed by atoms with Gasteiger partial charge in [-0.3, -0.25) is 38.2 Å². The van der Waals surface area contributed by atoms with Gasteiger partial charge in [0.15, 0.2) is 0 Å². The van der Waals surface area contributed by atoms with Gasteiger partial charge in [0, 0.05) is 64.3 Å². The fourth-order valence-corrected chi connectivity index (χ4v) is 6.03. The molecular formula is C34H24CaN6O12S2. The van der Waals surface area contributed by atoms with Gasteiger partial charge in [-0.05, 0) is 73.6 Å². The number of nitro benzene ring substituents is 2. The average Bonchev–Trinajstić information content (AvgIpc) is 3.10. The van der Waals surface area contributed by atoms with Crippen molar-refractivity contribution in [2.45, 2.75) is 13.8 Å². The Morgan fingerprint density at radius 2 is 0.945 bits per heavy atom. The number of benzene rings is 2. The van der Waals surface area contributed by atoms with E-state index in [-0.39, 0.29) is 81.6 Å². The van der Waals surface area contributed by atoms with Crippen molar-refractivity contribution >= 4 is 102 Å². The number of nitro groups is 2. The maximum Gasteiger partial charge on any atom is 2.00 e. The molecule has 55 heavy (non-hydrogen) atoms. The van der Waals surface area contributed by atoms with Crippen LogP contribution in [0, 0.1) is 34.1 Å². The topological polar surface area (TPSA) is 291 Å². The van der Waals surface area contributed by atoms with E-state index in [0.717, 1.165) is 12.2 Å². The van der Waals surface area contributed by atoms with Crippen molar-refractivity contribution in [2.24, 2.45) is 20.5 Å². The summed E-state index contributed by atoms with van der Waals surface area (Å²) >= 11 is 0. The van der Waals surface area contributed by atoms with Crippen molar-refractivity contribution in [1.29, 1.82) is 0 Å². The molecule has 0 aliphatic heterocycles. The summed E-state index contributed by atoms with van der Waals surface area (Å²) < 4.78 is 63.3. The first kappa shape index (κ1) is 42.6. The van der Waals surface area contributed by atoms with Gasteiger partial charge in [0.05, 0.1) is 21.2 Å². The van der Waals surface area contributed by atoms with Crippen LogP contribution in [0.15, 0.2) is 151 Å². The molecule has 2 aromatic carbocycles. The van der Waals surface area contributed by atoms with Crippen molar-refractivity contribution in [3.63, 3.8) is 0 Å². The Hall–Kier alpha value is -5.16. The molecule has 2 N–H and O–H groups in total. The normalized spacial score (nSPS) is 18.2. The molecule has 2 atom stereocenters. The first-order valence-corrected chi connectivity index (χ1v) is 18.0. The van der Waals surface area contributed by atoms with Crippen molar-refractivity contribution in [1.82, 2.24) is 0 Å². The molecule has 0 saturated heterocycles. The molecule has 0 amide bonds. The summed E-state index contributed by atoms with van der Waals surface area (Å²) in [6.45, 7) is 3.18. The molecule has 0 bridgehead atoms. The average molecular weight is 813 g/mol. The van der Waals surface area contributed by atoms with Crippen molar-refractivity contribution in [2.75, 3.05) is 0 Å². The number of hydrogen-bond donors (Lipinski definition) is 2. The minimum atomic E-state index is -4.39. The van der Waals surface area contributed by atoms with Crippen molar-refractivity contribution in [3.05, 3.63) is 162 Å². The molecule has 2 unspecified atom stereocenters. The monoisotopic (exact) mass is 812 g/mol. The van der Waals surface area contributed by atoms with Crippen LogP contribution in [-0.2, 0) is 29.8 Å². The Morgan fingerprint density at radius 1 is 0.582 bits per heavy atom. The van der Waals surface area contributed by atoms with Crippen molar-refractivity contribution in [3.8, 4) is 0 Å². The molecule has 0 radical (unpaired) electrons. The third kappa shape index (κ3) is 10.1. The van der Waals surface area contributed by atoms with E-state index < -0.39 is 41.6 Å². The van der Waals surface area contributed by atoms with Gasteiger partial charge >= 0.3 is 37.7 Å². The third-order valence-corrected chi connectivity index (χ3v) is 9.46. The number of ketones is 2. The van der Waals surface area contributed by atoms with Crippen LogP contribution in [0.5, 0.6) is 0 Å². The molecule has 18 nitrogen and oxygen atoms in total. The van der Waals surface area contributed by atoms with E-state index in [0.29, 0.717) is 33.4 Å². The van der Waals surface area contributed by atoms with E-state index >= 15 is 0 Å². The van der Waals surface area contributed by atoms with E-state index in [1.165, 1.54) is 85.0 Å². The molecule has 0 spiro atoms. The molecule has 0 aromatic heterocycles. The fraction of sp³-hybridized carbons (Fsp3) is 0.0588. The largest absolute Gasteiger partial charge is 2.00 e. The minimum Gasteiger partial charge on any atom is -0.757 e. The SMILES string of the molecule is Cc1ccc(N=NC2=C3C=CC(=S(=O)([O-])O)C=C3C=CC2=O)cc1[N+](=O)[O-].Cc1ccc(N=NC2=C3C=CC(=S(=O)([O-])O)C=C3C=CC2=O)cc1[N+](=O)[O-].[Ca+2]. The van der Waals surface area contributed by atoms with Gasteiger partial charge in [-0.1, -0.05) is 36.4 Å². The zero-order valence-corrected chi connectivity index (χ0v) is 32.3. The van der Waals surface area contributed by atoms with Crippen LogP contribution in [0.3, 0.4) is 0 Å². The number of rotatable bonds is 6. The number of azo groups is 2. The Balaban J connectivity index is 0.000000240. The van der Waals surface area contributed by atoms with Gasteiger partial charge in [0.1, 0.15) is 11.4 Å². The summed E-state index contributed by atoms with van der Waals surface area (Å²) in [6, 6.07) is 8.57. The summed E-state index contributed by atoms with van der Waals surface area (Å²) in [4.78, 5) is 44.6. The molecular weight excluding hydrogens is 789 g/mol. The van der Waals surface area contributed by atoms with Crippen LogP contribution in [0.1, 0.15) is 11.1 Å². The molecule has 0 heterocycles. The maximum absolute atomic E-state index is 12.1. The molecule has 2 aromatic rings. The minimum absolute atomic E-state index is 0. The van der Waals surface area contributed by atoms with E-state index in [1.807, 2.05) is 0 Å². The van der Waals surface area contributed by atoms with Crippen LogP contribution in [0.2, 0.25) is 0 Å². The van der Waals surface area contributed by atoms with Crippen LogP contribution in [-0.4, -0.2) is 95.5 Å². The first-order chi connectivity index (χ1) is 25.3. The number of fused-ring (bicyclic) bond motifs is 2. The number of allylic oxidation sites excluding steroid dienone is 14. The van der Waals surface area contributed by atoms with Crippen molar-refractivity contribution < 1.29 is 46.1 Å². The number of carbonyl (C=O) groups is 2. The maximum atomic E-state index is 12.1. The zero-order chi connectivity index (χ0) is 39.5. The van der Waals surface area contributed by atoms with Crippen LogP contribution < -0.4 is 0 Å². The van der Waals surface area contributed by atoms with Gasteiger partial charge in [-0.25, -0.2) is 0 Å².